The Morgan fingerprint density at radius 3 is 2.88 bits per heavy atom. The van der Waals surface area contributed by atoms with Crippen molar-refractivity contribution in [2.75, 3.05) is 6.61 Å². The molecule has 0 aliphatic rings. The Bertz CT molecular complexity index is 1160. The smallest absolute Gasteiger partial charge is 0.341 e. The van der Waals surface area contributed by atoms with Crippen LogP contribution in [0.4, 0.5) is 0 Å². The Kier molecular flexibility index (Phi) is 4.01. The van der Waals surface area contributed by atoms with Crippen LogP contribution in [0.2, 0.25) is 5.02 Å². The van der Waals surface area contributed by atoms with E-state index in [1.165, 1.54) is 0 Å². The summed E-state index contributed by atoms with van der Waals surface area (Å²) in [7, 11) is 0. The number of nitrogens with zero attached hydrogens (tertiary/aromatic N) is 1. The number of carbonyl (C=O) groups excluding carboxylic acids is 2. The standard InChI is InChI=1S/C20H14ClNO4/c1-2-25-20(24)19-14-5-3-4-8-22(14)15(11-23)18(19)17-10-12-9-13(21)6-7-16(12)26-17/h3-11H,2H2,1H3. The number of aldehydes is 1. The number of carbonyl (C=O) groups is 2. The van der Waals surface area contributed by atoms with Gasteiger partial charge < -0.3 is 13.6 Å². The first kappa shape index (κ1) is 16.4. The van der Waals surface area contributed by atoms with Gasteiger partial charge in [0.25, 0.3) is 0 Å². The lowest BCUT2D eigenvalue weighted by Gasteiger charge is -2.03. The Labute approximate surface area is 153 Å². The third-order valence-corrected chi connectivity index (χ3v) is 4.43. The molecule has 0 saturated carbocycles. The zero-order chi connectivity index (χ0) is 18.3. The molecule has 0 N–H and O–H groups in total. The number of aromatic nitrogens is 1. The van der Waals surface area contributed by atoms with Gasteiger partial charge in [-0.2, -0.15) is 0 Å². The van der Waals surface area contributed by atoms with E-state index in [4.69, 9.17) is 20.8 Å². The molecule has 0 spiro atoms. The van der Waals surface area contributed by atoms with Crippen LogP contribution in [0.5, 0.6) is 0 Å². The molecular formula is C20H14ClNO4. The van der Waals surface area contributed by atoms with Gasteiger partial charge in [-0.1, -0.05) is 17.7 Å². The molecule has 0 unspecified atom stereocenters. The normalized spacial score (nSPS) is 11.2. The Morgan fingerprint density at radius 1 is 1.27 bits per heavy atom. The molecule has 0 fully saturated rings. The Hall–Kier alpha value is -3.05. The van der Waals surface area contributed by atoms with E-state index in [0.29, 0.717) is 45.0 Å². The van der Waals surface area contributed by atoms with Crippen molar-refractivity contribution in [1.82, 2.24) is 4.40 Å². The van der Waals surface area contributed by atoms with E-state index in [-0.39, 0.29) is 6.61 Å². The largest absolute Gasteiger partial charge is 0.462 e. The topological polar surface area (TPSA) is 60.9 Å². The molecule has 3 aromatic heterocycles. The van der Waals surface area contributed by atoms with Crippen LogP contribution in [-0.2, 0) is 4.74 Å². The molecule has 1 aromatic carbocycles. The van der Waals surface area contributed by atoms with Crippen LogP contribution < -0.4 is 0 Å². The summed E-state index contributed by atoms with van der Waals surface area (Å²) in [4.78, 5) is 24.5. The van der Waals surface area contributed by atoms with Gasteiger partial charge in [0, 0.05) is 16.6 Å². The Morgan fingerprint density at radius 2 is 2.12 bits per heavy atom. The minimum absolute atomic E-state index is 0.231. The molecule has 3 heterocycles. The van der Waals surface area contributed by atoms with Crippen LogP contribution in [0.1, 0.15) is 27.8 Å². The molecule has 0 radical (unpaired) electrons. The van der Waals surface area contributed by atoms with Crippen molar-refractivity contribution in [1.29, 1.82) is 0 Å². The highest BCUT2D eigenvalue weighted by atomic mass is 35.5. The number of ether oxygens (including phenoxy) is 1. The summed E-state index contributed by atoms with van der Waals surface area (Å²) in [5, 5.41) is 1.36. The fourth-order valence-electron chi connectivity index (χ4n) is 3.15. The predicted molar refractivity (Wildman–Crippen MR) is 99.0 cm³/mol. The highest BCUT2D eigenvalue weighted by Gasteiger charge is 2.27. The molecule has 5 nitrogen and oxygen atoms in total. The van der Waals surface area contributed by atoms with Gasteiger partial charge in [0.05, 0.1) is 28.9 Å². The molecule has 0 atom stereocenters. The van der Waals surface area contributed by atoms with Gasteiger partial charge in [0.1, 0.15) is 11.3 Å². The maximum absolute atomic E-state index is 12.6. The fourth-order valence-corrected chi connectivity index (χ4v) is 3.33. The van der Waals surface area contributed by atoms with Crippen molar-refractivity contribution >= 4 is 40.3 Å². The summed E-state index contributed by atoms with van der Waals surface area (Å²) in [5.41, 5.74) is 2.25. The van der Waals surface area contributed by atoms with Crippen LogP contribution in [0.25, 0.3) is 27.8 Å². The second-order valence-corrected chi connectivity index (χ2v) is 6.16. The van der Waals surface area contributed by atoms with Gasteiger partial charge >= 0.3 is 5.97 Å². The summed E-state index contributed by atoms with van der Waals surface area (Å²) < 4.78 is 12.8. The van der Waals surface area contributed by atoms with Crippen molar-refractivity contribution in [2.45, 2.75) is 6.92 Å². The third-order valence-electron chi connectivity index (χ3n) is 4.20. The van der Waals surface area contributed by atoms with E-state index in [9.17, 15) is 9.59 Å². The van der Waals surface area contributed by atoms with Crippen molar-refractivity contribution in [3.8, 4) is 11.3 Å². The lowest BCUT2D eigenvalue weighted by molar-refractivity contribution is 0.0529. The third kappa shape index (κ3) is 2.48. The van der Waals surface area contributed by atoms with Gasteiger partial charge in [-0.25, -0.2) is 4.79 Å². The van der Waals surface area contributed by atoms with E-state index in [1.54, 1.807) is 60.0 Å². The van der Waals surface area contributed by atoms with Crippen molar-refractivity contribution in [2.24, 2.45) is 0 Å². The number of fused-ring (bicyclic) bond motifs is 2. The average molecular weight is 368 g/mol. The lowest BCUT2D eigenvalue weighted by atomic mass is 10.1. The summed E-state index contributed by atoms with van der Waals surface area (Å²) >= 11 is 6.04. The zero-order valence-corrected chi connectivity index (χ0v) is 14.6. The quantitative estimate of drug-likeness (QED) is 0.376. The maximum atomic E-state index is 12.6. The predicted octanol–water partition coefficient (Wildman–Crippen LogP) is 5.00. The summed E-state index contributed by atoms with van der Waals surface area (Å²) in [6.45, 7) is 1.97. The molecule has 4 aromatic rings. The van der Waals surface area contributed by atoms with Crippen LogP contribution >= 0.6 is 11.6 Å². The first-order valence-corrected chi connectivity index (χ1v) is 8.46. The van der Waals surface area contributed by atoms with Crippen LogP contribution in [0.3, 0.4) is 0 Å². The lowest BCUT2D eigenvalue weighted by Crippen LogP contribution is -2.05. The van der Waals surface area contributed by atoms with Gasteiger partial charge in [-0.3, -0.25) is 4.79 Å². The number of rotatable bonds is 4. The van der Waals surface area contributed by atoms with Gasteiger partial charge in [-0.05, 0) is 43.3 Å². The minimum Gasteiger partial charge on any atom is -0.462 e. The first-order chi connectivity index (χ1) is 12.6. The second kappa shape index (κ2) is 6.35. The molecule has 6 heteroatoms. The SMILES string of the molecule is CCOC(=O)c1c(-c2cc3cc(Cl)ccc3o2)c(C=O)n2ccccc12. The van der Waals surface area contributed by atoms with E-state index >= 15 is 0 Å². The number of furan rings is 1. The van der Waals surface area contributed by atoms with Gasteiger partial charge in [-0.15, -0.1) is 0 Å². The van der Waals surface area contributed by atoms with Gasteiger partial charge in [0.2, 0.25) is 0 Å². The number of hydrogen-bond donors (Lipinski definition) is 0. The first-order valence-electron chi connectivity index (χ1n) is 8.09. The number of hydrogen-bond acceptors (Lipinski definition) is 4. The summed E-state index contributed by atoms with van der Waals surface area (Å²) in [6.07, 6.45) is 2.44. The molecule has 26 heavy (non-hydrogen) atoms. The number of pyridine rings is 1. The highest BCUT2D eigenvalue weighted by molar-refractivity contribution is 6.31. The van der Waals surface area contributed by atoms with E-state index in [2.05, 4.69) is 0 Å². The van der Waals surface area contributed by atoms with Crippen LogP contribution in [-0.4, -0.2) is 23.3 Å². The molecule has 0 aliphatic carbocycles. The van der Waals surface area contributed by atoms with Crippen molar-refractivity contribution < 1.29 is 18.7 Å². The van der Waals surface area contributed by atoms with E-state index in [1.807, 2.05) is 0 Å². The summed E-state index contributed by atoms with van der Waals surface area (Å²) in [5.74, 6) is -0.0890. The molecule has 4 rings (SSSR count). The van der Waals surface area contributed by atoms with Crippen LogP contribution in [0.15, 0.2) is 53.1 Å². The Balaban J connectivity index is 2.07. The molecule has 0 bridgehead atoms. The monoisotopic (exact) mass is 367 g/mol. The van der Waals surface area contributed by atoms with Gasteiger partial charge in [0.15, 0.2) is 6.29 Å². The highest BCUT2D eigenvalue weighted by Crippen LogP contribution is 2.37. The van der Waals surface area contributed by atoms with Crippen molar-refractivity contribution in [3.05, 3.63) is 64.9 Å². The molecular weight excluding hydrogens is 354 g/mol. The molecule has 0 saturated heterocycles. The number of benzene rings is 1. The maximum Gasteiger partial charge on any atom is 0.341 e. The average Bonchev–Trinajstić information content (AvgIpc) is 3.19. The number of halogens is 1. The van der Waals surface area contributed by atoms with Crippen LogP contribution in [0, 0.1) is 0 Å². The molecule has 0 aliphatic heterocycles. The minimum atomic E-state index is -0.502. The van der Waals surface area contributed by atoms with Crippen molar-refractivity contribution in [3.63, 3.8) is 0 Å². The van der Waals surface area contributed by atoms with E-state index < -0.39 is 5.97 Å². The number of esters is 1. The fraction of sp³-hybridized carbons (Fsp3) is 0.100. The zero-order valence-electron chi connectivity index (χ0n) is 13.9. The van der Waals surface area contributed by atoms with E-state index in [0.717, 1.165) is 5.39 Å². The summed E-state index contributed by atoms with van der Waals surface area (Å²) in [6, 6.07) is 12.4. The second-order valence-electron chi connectivity index (χ2n) is 5.72. The molecule has 130 valence electrons. The molecule has 0 amide bonds.